The molecule has 27 heavy (non-hydrogen) atoms. The normalized spacial score (nSPS) is 10.0. The quantitative estimate of drug-likeness (QED) is 0.457. The summed E-state index contributed by atoms with van der Waals surface area (Å²) in [6.45, 7) is 19.6. The molecule has 0 aromatic carbocycles. The van der Waals surface area contributed by atoms with Gasteiger partial charge in [0.2, 0.25) is 0 Å². The summed E-state index contributed by atoms with van der Waals surface area (Å²) in [5, 5.41) is 7.89. The van der Waals surface area contributed by atoms with Crippen LogP contribution in [0.4, 0.5) is 0 Å². The van der Waals surface area contributed by atoms with Crippen molar-refractivity contribution in [3.8, 4) is 0 Å². The lowest BCUT2D eigenvalue weighted by Crippen LogP contribution is -2.14. The highest BCUT2D eigenvalue weighted by atomic mass is 16.5. The van der Waals surface area contributed by atoms with Crippen molar-refractivity contribution in [1.82, 2.24) is 0 Å². The van der Waals surface area contributed by atoms with Gasteiger partial charge in [0.15, 0.2) is 0 Å². The van der Waals surface area contributed by atoms with Crippen molar-refractivity contribution in [2.75, 3.05) is 13.7 Å². The van der Waals surface area contributed by atoms with Gasteiger partial charge in [0.05, 0.1) is 13.7 Å². The molecule has 0 spiro atoms. The highest BCUT2D eigenvalue weighted by Crippen LogP contribution is 2.13. The summed E-state index contributed by atoms with van der Waals surface area (Å²) in [5.74, 6) is -1.03. The molecule has 6 heteroatoms. The lowest BCUT2D eigenvalue weighted by Gasteiger charge is -2.14. The molecule has 0 bridgehead atoms. The molecule has 0 aliphatic carbocycles. The summed E-state index contributed by atoms with van der Waals surface area (Å²) in [6.07, 6.45) is 4.63. The third-order valence-corrected chi connectivity index (χ3v) is 3.24. The van der Waals surface area contributed by atoms with E-state index < -0.39 is 5.97 Å². The number of aliphatic carboxylic acids is 1. The van der Waals surface area contributed by atoms with Crippen LogP contribution in [0.3, 0.4) is 0 Å². The number of hydrogen-bond acceptors (Lipinski definition) is 5. The Balaban J connectivity index is -0.000000369. The molecule has 0 aliphatic heterocycles. The fourth-order valence-electron chi connectivity index (χ4n) is 1.39. The average molecular weight is 385 g/mol. The SMILES string of the molecule is C=C(C)C(=O)O.C=C(C)C(=O)OC.C=C(C)C(=O)OCC(CC)CCCC. The van der Waals surface area contributed by atoms with Gasteiger partial charge in [-0.15, -0.1) is 0 Å². The maximum absolute atomic E-state index is 11.1. The minimum Gasteiger partial charge on any atom is -0.478 e. The first-order valence-electron chi connectivity index (χ1n) is 8.89. The highest BCUT2D eigenvalue weighted by molar-refractivity contribution is 5.87. The summed E-state index contributed by atoms with van der Waals surface area (Å²) < 4.78 is 9.39. The molecular weight excluding hydrogens is 348 g/mol. The van der Waals surface area contributed by atoms with Gasteiger partial charge < -0.3 is 14.6 Å². The molecule has 1 atom stereocenters. The summed E-state index contributed by atoms with van der Waals surface area (Å²) in [4.78, 5) is 30.9. The molecule has 0 rings (SSSR count). The average Bonchev–Trinajstić information content (AvgIpc) is 2.61. The Hall–Kier alpha value is -2.37. The van der Waals surface area contributed by atoms with Crippen LogP contribution in [0.2, 0.25) is 0 Å². The second-order valence-corrected chi connectivity index (χ2v) is 6.15. The standard InChI is InChI=1S/C12H22O2.C5H8O2.C4H6O2/c1-5-7-8-11(6-2)9-14-12(13)10(3)4;1-4(2)5(6)7-3;1-3(2)4(5)6/h11H,3,5-9H2,1-2,4H3;1H2,2-3H3;1H2,2H3,(H,5,6). The number of methoxy groups -OCH3 is 1. The zero-order chi connectivity index (χ0) is 22.0. The van der Waals surface area contributed by atoms with Gasteiger partial charge in [-0.3, -0.25) is 0 Å². The van der Waals surface area contributed by atoms with E-state index in [4.69, 9.17) is 9.84 Å². The number of carboxylic acid groups (broad SMARTS) is 1. The van der Waals surface area contributed by atoms with E-state index in [2.05, 4.69) is 38.3 Å². The van der Waals surface area contributed by atoms with Gasteiger partial charge in [-0.05, 0) is 33.1 Å². The molecule has 6 nitrogen and oxygen atoms in total. The summed E-state index contributed by atoms with van der Waals surface area (Å²) in [5.41, 5.74) is 1.09. The van der Waals surface area contributed by atoms with Crippen molar-refractivity contribution >= 4 is 17.9 Å². The van der Waals surface area contributed by atoms with Crippen molar-refractivity contribution in [3.63, 3.8) is 0 Å². The van der Waals surface area contributed by atoms with E-state index >= 15 is 0 Å². The molecular formula is C21H36O6. The van der Waals surface area contributed by atoms with E-state index in [0.717, 1.165) is 12.8 Å². The van der Waals surface area contributed by atoms with Crippen LogP contribution in [0, 0.1) is 5.92 Å². The largest absolute Gasteiger partial charge is 0.478 e. The molecule has 0 fully saturated rings. The number of carboxylic acids is 1. The number of hydrogen-bond donors (Lipinski definition) is 1. The van der Waals surface area contributed by atoms with Crippen molar-refractivity contribution < 1.29 is 29.0 Å². The topological polar surface area (TPSA) is 89.9 Å². The first-order valence-corrected chi connectivity index (χ1v) is 8.89. The van der Waals surface area contributed by atoms with Gasteiger partial charge in [0, 0.05) is 16.7 Å². The second-order valence-electron chi connectivity index (χ2n) is 6.15. The zero-order valence-electron chi connectivity index (χ0n) is 17.7. The predicted molar refractivity (Wildman–Crippen MR) is 108 cm³/mol. The molecule has 0 aromatic rings. The molecule has 156 valence electrons. The minimum absolute atomic E-state index is 0.176. The van der Waals surface area contributed by atoms with Crippen LogP contribution in [-0.2, 0) is 23.9 Å². The van der Waals surface area contributed by atoms with Gasteiger partial charge >= 0.3 is 17.9 Å². The van der Waals surface area contributed by atoms with E-state index in [1.165, 1.54) is 26.9 Å². The lowest BCUT2D eigenvalue weighted by atomic mass is 10.0. The monoisotopic (exact) mass is 384 g/mol. The van der Waals surface area contributed by atoms with Gasteiger partial charge in [-0.25, -0.2) is 14.4 Å². The van der Waals surface area contributed by atoms with Crippen LogP contribution in [-0.4, -0.2) is 36.7 Å². The van der Waals surface area contributed by atoms with Crippen molar-refractivity contribution in [2.24, 2.45) is 5.92 Å². The third-order valence-electron chi connectivity index (χ3n) is 3.24. The van der Waals surface area contributed by atoms with E-state index in [0.29, 0.717) is 23.7 Å². The Labute approximate surface area is 163 Å². The Kier molecular flexibility index (Phi) is 20.1. The Morgan fingerprint density at radius 2 is 1.37 bits per heavy atom. The number of carbonyl (C=O) groups is 3. The van der Waals surface area contributed by atoms with Crippen LogP contribution in [0.5, 0.6) is 0 Å². The van der Waals surface area contributed by atoms with E-state index in [9.17, 15) is 14.4 Å². The molecule has 0 aliphatic rings. The first kappa shape index (κ1) is 29.4. The van der Waals surface area contributed by atoms with Crippen LogP contribution < -0.4 is 0 Å². The molecule has 0 radical (unpaired) electrons. The summed E-state index contributed by atoms with van der Waals surface area (Å²) in [7, 11) is 1.33. The van der Waals surface area contributed by atoms with Gasteiger partial charge in [-0.2, -0.15) is 0 Å². The zero-order valence-corrected chi connectivity index (χ0v) is 17.7. The van der Waals surface area contributed by atoms with E-state index in [-0.39, 0.29) is 17.5 Å². The van der Waals surface area contributed by atoms with E-state index in [1.54, 1.807) is 13.8 Å². The number of rotatable bonds is 9. The fraction of sp³-hybridized carbons (Fsp3) is 0.571. The van der Waals surface area contributed by atoms with Gasteiger partial charge in [-0.1, -0.05) is 52.8 Å². The number of esters is 2. The maximum atomic E-state index is 11.1. The molecule has 1 N–H and O–H groups in total. The Morgan fingerprint density at radius 3 is 1.59 bits per heavy atom. The molecule has 0 aromatic heterocycles. The van der Waals surface area contributed by atoms with Gasteiger partial charge in [0.25, 0.3) is 0 Å². The van der Waals surface area contributed by atoms with Crippen molar-refractivity contribution in [3.05, 3.63) is 36.5 Å². The predicted octanol–water partition coefficient (Wildman–Crippen LogP) is 4.70. The molecule has 0 amide bonds. The summed E-state index contributed by atoms with van der Waals surface area (Å²) >= 11 is 0. The number of carbonyl (C=O) groups excluding carboxylic acids is 2. The first-order chi connectivity index (χ1) is 12.4. The van der Waals surface area contributed by atoms with Crippen LogP contribution in [0.1, 0.15) is 60.3 Å². The smallest absolute Gasteiger partial charge is 0.333 e. The summed E-state index contributed by atoms with van der Waals surface area (Å²) in [6, 6.07) is 0. The molecule has 0 heterocycles. The highest BCUT2D eigenvalue weighted by Gasteiger charge is 2.09. The fourth-order valence-corrected chi connectivity index (χ4v) is 1.39. The maximum Gasteiger partial charge on any atom is 0.333 e. The van der Waals surface area contributed by atoms with Crippen LogP contribution >= 0.6 is 0 Å². The molecule has 0 saturated carbocycles. The van der Waals surface area contributed by atoms with Gasteiger partial charge in [0.1, 0.15) is 0 Å². The number of unbranched alkanes of at least 4 members (excludes halogenated alkanes) is 1. The minimum atomic E-state index is -0.935. The van der Waals surface area contributed by atoms with Crippen molar-refractivity contribution in [2.45, 2.75) is 60.3 Å². The van der Waals surface area contributed by atoms with Crippen molar-refractivity contribution in [1.29, 1.82) is 0 Å². The lowest BCUT2D eigenvalue weighted by molar-refractivity contribution is -0.140. The Bertz CT molecular complexity index is 493. The van der Waals surface area contributed by atoms with Crippen LogP contribution in [0.15, 0.2) is 36.5 Å². The van der Waals surface area contributed by atoms with Crippen LogP contribution in [0.25, 0.3) is 0 Å². The third kappa shape index (κ3) is 21.6. The van der Waals surface area contributed by atoms with E-state index in [1.807, 2.05) is 0 Å². The second kappa shape index (κ2) is 18.4. The molecule has 1 unspecified atom stereocenters. The number of ether oxygens (including phenoxy) is 2. The Morgan fingerprint density at radius 1 is 0.926 bits per heavy atom. The molecule has 0 saturated heterocycles.